The van der Waals surface area contributed by atoms with Crippen molar-refractivity contribution in [2.45, 2.75) is 67.7 Å². The fourth-order valence-corrected chi connectivity index (χ4v) is 2.59. The summed E-state index contributed by atoms with van der Waals surface area (Å²) >= 11 is 0. The summed E-state index contributed by atoms with van der Waals surface area (Å²) in [6, 6.07) is 0. The number of aliphatic imine (C=N–C) groups is 1. The van der Waals surface area contributed by atoms with Crippen molar-refractivity contribution in [1.29, 1.82) is 0 Å². The number of allylic oxidation sites excluding steroid dienone is 6. The Bertz CT molecular complexity index is 672. The maximum Gasteiger partial charge on any atom is 0.0864 e. The minimum atomic E-state index is 0.740. The second-order valence-electron chi connectivity index (χ2n) is 6.19. The Morgan fingerprint density at radius 3 is 2.14 bits per heavy atom. The van der Waals surface area contributed by atoms with Crippen LogP contribution in [-0.4, -0.2) is 22.2 Å². The molecule has 0 amide bonds. The van der Waals surface area contributed by atoms with E-state index in [2.05, 4.69) is 45.8 Å². The molecule has 3 rings (SSSR count). The Morgan fingerprint density at radius 1 is 1.07 bits per heavy atom. The molecule has 0 bridgehead atoms. The molecule has 0 saturated heterocycles. The highest BCUT2D eigenvalue weighted by atomic mass is 14.8. The monoisotopic (exact) mass is 381 g/mol. The van der Waals surface area contributed by atoms with Gasteiger partial charge in [-0.1, -0.05) is 65.0 Å². The van der Waals surface area contributed by atoms with E-state index in [1.807, 2.05) is 54.5 Å². The van der Waals surface area contributed by atoms with Gasteiger partial charge in [0.1, 0.15) is 0 Å². The maximum absolute atomic E-state index is 4.29. The fourth-order valence-electron chi connectivity index (χ4n) is 2.59. The lowest BCUT2D eigenvalue weighted by molar-refractivity contribution is 0.374. The van der Waals surface area contributed by atoms with Gasteiger partial charge in [-0.3, -0.25) is 15.0 Å². The van der Waals surface area contributed by atoms with Gasteiger partial charge in [0.2, 0.25) is 0 Å². The minimum Gasteiger partial charge on any atom is -0.285 e. The molecule has 1 aromatic heterocycles. The second kappa shape index (κ2) is 15.7. The average molecular weight is 382 g/mol. The molecule has 0 spiro atoms. The van der Waals surface area contributed by atoms with Crippen LogP contribution in [0.3, 0.4) is 0 Å². The third kappa shape index (κ3) is 9.07. The van der Waals surface area contributed by atoms with Crippen LogP contribution in [0.25, 0.3) is 5.57 Å². The van der Waals surface area contributed by atoms with E-state index in [0.717, 1.165) is 35.1 Å². The third-order valence-corrected chi connectivity index (χ3v) is 4.29. The van der Waals surface area contributed by atoms with Gasteiger partial charge < -0.3 is 0 Å². The summed E-state index contributed by atoms with van der Waals surface area (Å²) in [5, 5.41) is 0. The van der Waals surface area contributed by atoms with E-state index in [0.29, 0.717) is 0 Å². The van der Waals surface area contributed by atoms with Crippen LogP contribution in [0.1, 0.15) is 72.2 Å². The third-order valence-electron chi connectivity index (χ3n) is 4.29. The van der Waals surface area contributed by atoms with Crippen molar-refractivity contribution in [1.82, 2.24) is 9.97 Å². The average Bonchev–Trinajstić information content (AvgIpc) is 3.14. The maximum atomic E-state index is 4.29. The van der Waals surface area contributed by atoms with E-state index in [4.69, 9.17) is 0 Å². The SMILES string of the molecule is C=C/C(=C\C=C/C)C1CCC1.CC.CC.CC1=NCC(c2cnc(C)cn2)=C1. The Hall–Kier alpha value is -2.29. The molecular weight excluding hydrogens is 342 g/mol. The number of rotatable bonds is 4. The van der Waals surface area contributed by atoms with E-state index in [1.54, 1.807) is 12.4 Å². The van der Waals surface area contributed by atoms with Crippen LogP contribution in [0.5, 0.6) is 0 Å². The number of aryl methyl sites for hydroxylation is 1. The van der Waals surface area contributed by atoms with Crippen LogP contribution >= 0.6 is 0 Å². The molecule has 2 heterocycles. The standard InChI is InChI=1S/C11H16.C10H11N3.2C2H6/c1-3-5-7-10(4-2)11-8-6-9-11;1-7-3-9(5-11-7)10-6-12-8(2)4-13-10;2*1-2/h3-5,7,11H,2,6,8-9H2,1H3;3-4,6H,5H2,1-2H3;2*1-2H3/b5-3-,10-7+;;;. The van der Waals surface area contributed by atoms with Crippen LogP contribution in [-0.2, 0) is 0 Å². The predicted octanol–water partition coefficient (Wildman–Crippen LogP) is 7.17. The smallest absolute Gasteiger partial charge is 0.0864 e. The molecule has 0 N–H and O–H groups in total. The summed E-state index contributed by atoms with van der Waals surface area (Å²) in [6.45, 7) is 18.5. The summed E-state index contributed by atoms with van der Waals surface area (Å²) < 4.78 is 0. The topological polar surface area (TPSA) is 38.1 Å². The van der Waals surface area contributed by atoms with Crippen LogP contribution in [0.15, 0.2) is 59.9 Å². The van der Waals surface area contributed by atoms with Gasteiger partial charge in [0.25, 0.3) is 0 Å². The molecule has 1 aliphatic carbocycles. The summed E-state index contributed by atoms with van der Waals surface area (Å²) in [6.07, 6.45) is 18.1. The molecule has 28 heavy (non-hydrogen) atoms. The van der Waals surface area contributed by atoms with Crippen molar-refractivity contribution in [3.05, 3.63) is 66.3 Å². The molecule has 0 unspecified atom stereocenters. The first-order valence-corrected chi connectivity index (χ1v) is 10.6. The summed E-state index contributed by atoms with van der Waals surface area (Å²) in [4.78, 5) is 12.8. The van der Waals surface area contributed by atoms with Gasteiger partial charge in [-0.2, -0.15) is 0 Å². The van der Waals surface area contributed by atoms with Gasteiger partial charge in [-0.25, -0.2) is 0 Å². The van der Waals surface area contributed by atoms with Crippen molar-refractivity contribution in [3.8, 4) is 0 Å². The zero-order valence-electron chi connectivity index (χ0n) is 19.0. The molecule has 1 aromatic rings. The van der Waals surface area contributed by atoms with Crippen molar-refractivity contribution < 1.29 is 0 Å². The van der Waals surface area contributed by atoms with E-state index < -0.39 is 0 Å². The first kappa shape index (κ1) is 25.7. The second-order valence-corrected chi connectivity index (χ2v) is 6.19. The number of nitrogens with zero attached hydrogens (tertiary/aromatic N) is 3. The van der Waals surface area contributed by atoms with Gasteiger partial charge >= 0.3 is 0 Å². The lowest BCUT2D eigenvalue weighted by Crippen LogP contribution is -2.12. The Labute approximate surface area is 173 Å². The highest BCUT2D eigenvalue weighted by Gasteiger charge is 2.18. The van der Waals surface area contributed by atoms with E-state index in [9.17, 15) is 0 Å². The molecular formula is C25H39N3. The van der Waals surface area contributed by atoms with Gasteiger partial charge in [-0.05, 0) is 51.2 Å². The summed E-state index contributed by atoms with van der Waals surface area (Å²) in [5.74, 6) is 0.809. The summed E-state index contributed by atoms with van der Waals surface area (Å²) in [7, 11) is 0. The first-order valence-electron chi connectivity index (χ1n) is 10.6. The molecule has 154 valence electrons. The number of hydrogen-bond acceptors (Lipinski definition) is 3. The van der Waals surface area contributed by atoms with Crippen molar-refractivity contribution in [2.24, 2.45) is 10.9 Å². The van der Waals surface area contributed by atoms with Crippen LogP contribution < -0.4 is 0 Å². The largest absolute Gasteiger partial charge is 0.285 e. The summed E-state index contributed by atoms with van der Waals surface area (Å²) in [5.41, 5.74) is 5.52. The molecule has 1 saturated carbocycles. The van der Waals surface area contributed by atoms with E-state index in [-0.39, 0.29) is 0 Å². The van der Waals surface area contributed by atoms with Crippen molar-refractivity contribution in [2.75, 3.05) is 6.54 Å². The predicted molar refractivity (Wildman–Crippen MR) is 126 cm³/mol. The van der Waals surface area contributed by atoms with Crippen molar-refractivity contribution in [3.63, 3.8) is 0 Å². The first-order chi connectivity index (χ1) is 13.6. The lowest BCUT2D eigenvalue weighted by atomic mass is 9.79. The zero-order valence-corrected chi connectivity index (χ0v) is 19.0. The highest BCUT2D eigenvalue weighted by Crippen LogP contribution is 2.33. The molecule has 0 aromatic carbocycles. The van der Waals surface area contributed by atoms with Gasteiger partial charge in [-0.15, -0.1) is 0 Å². The minimum absolute atomic E-state index is 0.740. The lowest BCUT2D eigenvalue weighted by Gasteiger charge is -2.26. The molecule has 3 nitrogen and oxygen atoms in total. The zero-order chi connectivity index (χ0) is 21.4. The van der Waals surface area contributed by atoms with E-state index in [1.165, 1.54) is 24.8 Å². The quantitative estimate of drug-likeness (QED) is 0.518. The number of aromatic nitrogens is 2. The molecule has 0 radical (unpaired) electrons. The van der Waals surface area contributed by atoms with Crippen molar-refractivity contribution >= 4 is 11.3 Å². The Kier molecular flexibility index (Phi) is 14.5. The normalized spacial score (nSPS) is 15.6. The molecule has 0 atom stereocenters. The highest BCUT2D eigenvalue weighted by molar-refractivity contribution is 6.02. The molecule has 2 aliphatic rings. The number of hydrogen-bond donors (Lipinski definition) is 0. The molecule has 1 fully saturated rings. The van der Waals surface area contributed by atoms with Gasteiger partial charge in [0, 0.05) is 17.5 Å². The Morgan fingerprint density at radius 2 is 1.75 bits per heavy atom. The van der Waals surface area contributed by atoms with E-state index >= 15 is 0 Å². The van der Waals surface area contributed by atoms with Crippen LogP contribution in [0, 0.1) is 12.8 Å². The molecule has 1 aliphatic heterocycles. The van der Waals surface area contributed by atoms with Crippen LogP contribution in [0.4, 0.5) is 0 Å². The van der Waals surface area contributed by atoms with Gasteiger partial charge in [0.15, 0.2) is 0 Å². The molecule has 3 heteroatoms. The van der Waals surface area contributed by atoms with Gasteiger partial charge in [0.05, 0.1) is 24.1 Å². The Balaban J connectivity index is 0.000000447. The van der Waals surface area contributed by atoms with Crippen LogP contribution in [0.2, 0.25) is 0 Å². The fraction of sp³-hybridized carbons (Fsp3) is 0.480.